The van der Waals surface area contributed by atoms with Gasteiger partial charge in [0.25, 0.3) is 0 Å². The molecular formula is C20H20BrClN2O3. The van der Waals surface area contributed by atoms with Crippen LogP contribution in [0.25, 0.3) is 0 Å². The van der Waals surface area contributed by atoms with Gasteiger partial charge in [-0.1, -0.05) is 23.7 Å². The van der Waals surface area contributed by atoms with Gasteiger partial charge in [-0.2, -0.15) is 0 Å². The van der Waals surface area contributed by atoms with Gasteiger partial charge < -0.3 is 15.0 Å². The first kappa shape index (κ1) is 19.7. The molecule has 1 saturated heterocycles. The highest BCUT2D eigenvalue weighted by Crippen LogP contribution is 2.34. The third-order valence-corrected chi connectivity index (χ3v) is 5.67. The van der Waals surface area contributed by atoms with Gasteiger partial charge in [0.15, 0.2) is 0 Å². The third-order valence-electron chi connectivity index (χ3n) is 4.48. The molecular weight excluding hydrogens is 432 g/mol. The molecule has 3 rings (SSSR count). The molecule has 0 radical (unpaired) electrons. The molecule has 1 atom stereocenters. The Labute approximate surface area is 171 Å². The van der Waals surface area contributed by atoms with Gasteiger partial charge >= 0.3 is 0 Å². The second-order valence-electron chi connectivity index (χ2n) is 6.38. The van der Waals surface area contributed by atoms with Gasteiger partial charge in [0, 0.05) is 23.1 Å². The van der Waals surface area contributed by atoms with Gasteiger partial charge in [-0.3, -0.25) is 9.59 Å². The van der Waals surface area contributed by atoms with Crippen LogP contribution < -0.4 is 15.0 Å². The standard InChI is InChI=1S/C20H20BrClN2O3/c1-3-27-18-7-5-4-6-17(18)24-11-13(9-19(24)25)20(26)23-16-10-15(22)14(21)8-12(16)2/h4-8,10,13H,3,9,11H2,1-2H3,(H,23,26). The number of anilines is 2. The van der Waals surface area contributed by atoms with Crippen molar-refractivity contribution in [3.63, 3.8) is 0 Å². The third kappa shape index (κ3) is 4.28. The maximum absolute atomic E-state index is 12.7. The Kier molecular flexibility index (Phi) is 6.07. The van der Waals surface area contributed by atoms with Crippen LogP contribution in [0.5, 0.6) is 5.75 Å². The Bertz CT molecular complexity index is 888. The summed E-state index contributed by atoms with van der Waals surface area (Å²) in [6.07, 6.45) is 0.162. The SMILES string of the molecule is CCOc1ccccc1N1CC(C(=O)Nc2cc(Cl)c(Br)cc2C)CC1=O. The number of ether oxygens (including phenoxy) is 1. The minimum absolute atomic E-state index is 0.0899. The van der Waals surface area contributed by atoms with Gasteiger partial charge in [-0.15, -0.1) is 0 Å². The Hall–Kier alpha value is -2.05. The van der Waals surface area contributed by atoms with Crippen molar-refractivity contribution in [3.05, 3.63) is 51.5 Å². The van der Waals surface area contributed by atoms with Crippen molar-refractivity contribution < 1.29 is 14.3 Å². The smallest absolute Gasteiger partial charge is 0.229 e. The lowest BCUT2D eigenvalue weighted by atomic mass is 10.1. The van der Waals surface area contributed by atoms with E-state index in [2.05, 4.69) is 21.2 Å². The lowest BCUT2D eigenvalue weighted by Gasteiger charge is -2.20. The van der Waals surface area contributed by atoms with Crippen molar-refractivity contribution in [2.75, 3.05) is 23.4 Å². The Morgan fingerprint density at radius 3 is 2.85 bits per heavy atom. The lowest BCUT2D eigenvalue weighted by Crippen LogP contribution is -2.28. The highest BCUT2D eigenvalue weighted by molar-refractivity contribution is 9.10. The van der Waals surface area contributed by atoms with Crippen LogP contribution in [0.15, 0.2) is 40.9 Å². The van der Waals surface area contributed by atoms with Crippen LogP contribution >= 0.6 is 27.5 Å². The molecule has 0 aliphatic carbocycles. The molecule has 0 saturated carbocycles. The molecule has 1 unspecified atom stereocenters. The summed E-state index contributed by atoms with van der Waals surface area (Å²) in [5.74, 6) is -0.0759. The Morgan fingerprint density at radius 1 is 1.37 bits per heavy atom. The summed E-state index contributed by atoms with van der Waals surface area (Å²) in [5, 5.41) is 3.42. The Morgan fingerprint density at radius 2 is 2.11 bits per heavy atom. The number of carbonyl (C=O) groups is 2. The second-order valence-corrected chi connectivity index (χ2v) is 7.64. The summed E-state index contributed by atoms with van der Waals surface area (Å²) in [6.45, 7) is 4.61. The topological polar surface area (TPSA) is 58.6 Å². The van der Waals surface area contributed by atoms with Gasteiger partial charge in [0.2, 0.25) is 11.8 Å². The van der Waals surface area contributed by atoms with Gasteiger partial charge in [-0.25, -0.2) is 0 Å². The number of benzene rings is 2. The van der Waals surface area contributed by atoms with Gasteiger partial charge in [0.1, 0.15) is 5.75 Å². The summed E-state index contributed by atoms with van der Waals surface area (Å²) in [4.78, 5) is 26.9. The fraction of sp³-hybridized carbons (Fsp3) is 0.300. The molecule has 0 bridgehead atoms. The molecule has 142 valence electrons. The number of aryl methyl sites for hydroxylation is 1. The average Bonchev–Trinajstić information content (AvgIpc) is 3.02. The largest absolute Gasteiger partial charge is 0.492 e. The number of halogens is 2. The predicted molar refractivity (Wildman–Crippen MR) is 111 cm³/mol. The Balaban J connectivity index is 1.76. The molecule has 2 amide bonds. The molecule has 0 spiro atoms. The minimum atomic E-state index is -0.436. The van der Waals surface area contributed by atoms with Crippen molar-refractivity contribution >= 4 is 50.7 Å². The zero-order chi connectivity index (χ0) is 19.6. The number of amides is 2. The first-order valence-corrected chi connectivity index (χ1v) is 9.86. The monoisotopic (exact) mass is 450 g/mol. The van der Waals surface area contributed by atoms with E-state index in [1.807, 2.05) is 44.2 Å². The van der Waals surface area contributed by atoms with Crippen molar-refractivity contribution in [2.24, 2.45) is 5.92 Å². The van der Waals surface area contributed by atoms with E-state index < -0.39 is 5.92 Å². The van der Waals surface area contributed by atoms with Crippen molar-refractivity contribution in [2.45, 2.75) is 20.3 Å². The average molecular weight is 452 g/mol. The molecule has 2 aromatic rings. The van der Waals surface area contributed by atoms with Crippen LogP contribution in [0.3, 0.4) is 0 Å². The van der Waals surface area contributed by atoms with Gasteiger partial charge in [-0.05, 0) is 59.6 Å². The maximum atomic E-state index is 12.7. The predicted octanol–water partition coefficient (Wildman–Crippen LogP) is 4.80. The molecule has 7 heteroatoms. The van der Waals surface area contributed by atoms with Crippen LogP contribution in [-0.2, 0) is 9.59 Å². The molecule has 0 aromatic heterocycles. The quantitative estimate of drug-likeness (QED) is 0.710. The van der Waals surface area contributed by atoms with Crippen LogP contribution in [-0.4, -0.2) is 25.0 Å². The summed E-state index contributed by atoms with van der Waals surface area (Å²) in [7, 11) is 0. The van der Waals surface area contributed by atoms with Crippen molar-refractivity contribution in [1.29, 1.82) is 0 Å². The summed E-state index contributed by atoms with van der Waals surface area (Å²) in [6, 6.07) is 10.9. The van der Waals surface area contributed by atoms with E-state index in [9.17, 15) is 9.59 Å². The zero-order valence-corrected chi connectivity index (χ0v) is 17.4. The van der Waals surface area contributed by atoms with Crippen LogP contribution in [0.4, 0.5) is 11.4 Å². The number of hydrogen-bond donors (Lipinski definition) is 1. The second kappa shape index (κ2) is 8.31. The summed E-state index contributed by atoms with van der Waals surface area (Å²) < 4.78 is 6.39. The highest BCUT2D eigenvalue weighted by atomic mass is 79.9. The minimum Gasteiger partial charge on any atom is -0.492 e. The highest BCUT2D eigenvalue weighted by Gasteiger charge is 2.36. The molecule has 1 heterocycles. The van der Waals surface area contributed by atoms with Crippen LogP contribution in [0.2, 0.25) is 5.02 Å². The zero-order valence-electron chi connectivity index (χ0n) is 15.1. The van der Waals surface area contributed by atoms with Crippen molar-refractivity contribution in [1.82, 2.24) is 0 Å². The first-order chi connectivity index (χ1) is 12.9. The van der Waals surface area contributed by atoms with E-state index in [1.54, 1.807) is 11.0 Å². The number of para-hydroxylation sites is 2. The van der Waals surface area contributed by atoms with E-state index in [4.69, 9.17) is 16.3 Å². The molecule has 1 aliphatic heterocycles. The summed E-state index contributed by atoms with van der Waals surface area (Å²) in [5.41, 5.74) is 2.24. The molecule has 27 heavy (non-hydrogen) atoms. The number of carbonyl (C=O) groups excluding carboxylic acids is 2. The van der Waals surface area contributed by atoms with E-state index in [1.165, 1.54) is 0 Å². The molecule has 1 N–H and O–H groups in total. The van der Waals surface area contributed by atoms with Crippen LogP contribution in [0.1, 0.15) is 18.9 Å². The molecule has 1 aliphatic rings. The molecule has 1 fully saturated rings. The number of rotatable bonds is 5. The first-order valence-electron chi connectivity index (χ1n) is 8.69. The van der Waals surface area contributed by atoms with E-state index in [0.717, 1.165) is 10.0 Å². The van der Waals surface area contributed by atoms with E-state index in [0.29, 0.717) is 35.3 Å². The molecule has 2 aromatic carbocycles. The maximum Gasteiger partial charge on any atom is 0.229 e. The number of hydrogen-bond acceptors (Lipinski definition) is 3. The summed E-state index contributed by atoms with van der Waals surface area (Å²) >= 11 is 9.49. The fourth-order valence-electron chi connectivity index (χ4n) is 3.09. The molecule has 5 nitrogen and oxygen atoms in total. The van der Waals surface area contributed by atoms with Crippen molar-refractivity contribution in [3.8, 4) is 5.75 Å². The van der Waals surface area contributed by atoms with E-state index in [-0.39, 0.29) is 18.2 Å². The van der Waals surface area contributed by atoms with E-state index >= 15 is 0 Å². The van der Waals surface area contributed by atoms with Gasteiger partial charge in [0.05, 0.1) is 23.2 Å². The fourth-order valence-corrected chi connectivity index (χ4v) is 3.71. The number of nitrogens with zero attached hydrogens (tertiary/aromatic N) is 1. The lowest BCUT2D eigenvalue weighted by molar-refractivity contribution is -0.122. The normalized spacial score (nSPS) is 16.5. The number of nitrogens with one attached hydrogen (secondary N) is 1. The van der Waals surface area contributed by atoms with Crippen LogP contribution in [0, 0.1) is 12.8 Å².